The second-order valence-electron chi connectivity index (χ2n) is 10.0. The molecule has 4 amide bonds. The molecule has 14 heteroatoms. The number of carboxylic acids is 1. The Kier molecular flexibility index (Phi) is 12.0. The van der Waals surface area contributed by atoms with Crippen molar-refractivity contribution in [1.29, 1.82) is 0 Å². The van der Waals surface area contributed by atoms with Crippen LogP contribution in [0.1, 0.15) is 24.0 Å². The number of nitrogens with two attached hydrogens (primary N) is 2. The standard InChI is InChI=1S/C29H36N6O7S/c1-43-11-10-20(30)26(38)33-23(14-25(31)37)28(40)34-22(13-17-15-32-21-5-3-2-4-19(17)21)27(39)35-24(29(41)42)12-16-6-8-18(36)9-7-16/h2-9,15,20,22-24,32,36H,10-14,30H2,1H3,(H2,31,37)(H,33,38)(H,34,40)(H,35,39)(H,41,42). The predicted octanol–water partition coefficient (Wildman–Crippen LogP) is 0.154. The van der Waals surface area contributed by atoms with Gasteiger partial charge in [0.2, 0.25) is 23.6 Å². The zero-order valence-corrected chi connectivity index (χ0v) is 24.4. The van der Waals surface area contributed by atoms with E-state index in [4.69, 9.17) is 11.5 Å². The molecule has 0 bridgehead atoms. The Morgan fingerprint density at radius 1 is 0.884 bits per heavy atom. The lowest BCUT2D eigenvalue weighted by molar-refractivity contribution is -0.142. The molecule has 3 rings (SSSR count). The summed E-state index contributed by atoms with van der Waals surface area (Å²) >= 11 is 1.49. The lowest BCUT2D eigenvalue weighted by Crippen LogP contribution is -2.58. The molecular weight excluding hydrogens is 576 g/mol. The SMILES string of the molecule is CSCCC(N)C(=O)NC(CC(N)=O)C(=O)NC(Cc1c[nH]c2ccccc12)C(=O)NC(Cc1ccc(O)cc1)C(=O)O. The van der Waals surface area contributed by atoms with Crippen LogP contribution >= 0.6 is 11.8 Å². The Balaban J connectivity index is 1.85. The number of nitrogens with one attached hydrogen (secondary N) is 4. The van der Waals surface area contributed by atoms with E-state index in [0.29, 0.717) is 23.3 Å². The highest BCUT2D eigenvalue weighted by Crippen LogP contribution is 2.20. The van der Waals surface area contributed by atoms with Crippen molar-refractivity contribution in [2.24, 2.45) is 11.5 Å². The quantitative estimate of drug-likeness (QED) is 0.110. The fourth-order valence-corrected chi connectivity index (χ4v) is 4.90. The van der Waals surface area contributed by atoms with Crippen molar-refractivity contribution in [3.63, 3.8) is 0 Å². The van der Waals surface area contributed by atoms with E-state index in [1.54, 1.807) is 6.20 Å². The van der Waals surface area contributed by atoms with Crippen molar-refractivity contribution < 1.29 is 34.2 Å². The van der Waals surface area contributed by atoms with Crippen LogP contribution in [-0.2, 0) is 36.8 Å². The second kappa shape index (κ2) is 15.6. The highest BCUT2D eigenvalue weighted by Gasteiger charge is 2.32. The molecule has 10 N–H and O–H groups in total. The van der Waals surface area contributed by atoms with Gasteiger partial charge in [-0.2, -0.15) is 11.8 Å². The maximum Gasteiger partial charge on any atom is 0.326 e. The van der Waals surface area contributed by atoms with E-state index < -0.39 is 60.2 Å². The summed E-state index contributed by atoms with van der Waals surface area (Å²) in [5, 5.41) is 27.6. The van der Waals surface area contributed by atoms with E-state index in [1.807, 2.05) is 30.5 Å². The molecule has 0 aliphatic rings. The molecule has 0 aliphatic heterocycles. The van der Waals surface area contributed by atoms with Crippen LogP contribution in [0.4, 0.5) is 0 Å². The van der Waals surface area contributed by atoms with E-state index in [0.717, 1.165) is 10.9 Å². The van der Waals surface area contributed by atoms with Gasteiger partial charge in [-0.25, -0.2) is 4.79 Å². The number of phenols is 1. The first-order chi connectivity index (χ1) is 20.5. The number of aromatic nitrogens is 1. The van der Waals surface area contributed by atoms with Crippen molar-refractivity contribution in [3.8, 4) is 5.75 Å². The Labute approximate surface area is 252 Å². The molecule has 1 aromatic heterocycles. The minimum atomic E-state index is -1.42. The number of carboxylic acid groups (broad SMARTS) is 1. The van der Waals surface area contributed by atoms with Gasteiger partial charge in [-0.05, 0) is 47.8 Å². The first-order valence-corrected chi connectivity index (χ1v) is 14.9. The van der Waals surface area contributed by atoms with Gasteiger partial charge in [-0.1, -0.05) is 30.3 Å². The molecule has 0 fully saturated rings. The number of aromatic hydroxyl groups is 1. The number of phenolic OH excluding ortho intramolecular Hbond substituents is 1. The molecule has 0 aliphatic carbocycles. The number of rotatable bonds is 16. The van der Waals surface area contributed by atoms with Crippen molar-refractivity contribution in [2.45, 2.75) is 49.9 Å². The van der Waals surface area contributed by atoms with Gasteiger partial charge in [0.1, 0.15) is 23.9 Å². The van der Waals surface area contributed by atoms with Crippen LogP contribution < -0.4 is 27.4 Å². The lowest BCUT2D eigenvalue weighted by Gasteiger charge is -2.25. The molecule has 0 radical (unpaired) electrons. The van der Waals surface area contributed by atoms with Gasteiger partial charge in [0.05, 0.1) is 12.5 Å². The first-order valence-electron chi connectivity index (χ1n) is 13.5. The predicted molar refractivity (Wildman–Crippen MR) is 162 cm³/mol. The van der Waals surface area contributed by atoms with Crippen LogP contribution in [0.15, 0.2) is 54.7 Å². The Bertz CT molecular complexity index is 1440. The summed E-state index contributed by atoms with van der Waals surface area (Å²) in [5.41, 5.74) is 13.3. The number of H-pyrrole nitrogens is 1. The summed E-state index contributed by atoms with van der Waals surface area (Å²) in [6.45, 7) is 0. The fraction of sp³-hybridized carbons (Fsp3) is 0.345. The van der Waals surface area contributed by atoms with E-state index in [1.165, 1.54) is 36.0 Å². The van der Waals surface area contributed by atoms with E-state index in [9.17, 15) is 34.2 Å². The minimum absolute atomic E-state index is 0.00369. The number of aliphatic carboxylic acids is 1. The molecular formula is C29H36N6O7S. The van der Waals surface area contributed by atoms with E-state index >= 15 is 0 Å². The van der Waals surface area contributed by atoms with Crippen LogP contribution in [-0.4, -0.2) is 81.0 Å². The van der Waals surface area contributed by atoms with E-state index in [2.05, 4.69) is 20.9 Å². The molecule has 1 heterocycles. The van der Waals surface area contributed by atoms with Gasteiger partial charge >= 0.3 is 5.97 Å². The van der Waals surface area contributed by atoms with Gasteiger partial charge in [0, 0.05) is 29.9 Å². The minimum Gasteiger partial charge on any atom is -0.508 e. The third kappa shape index (κ3) is 9.75. The molecule has 4 unspecified atom stereocenters. The highest BCUT2D eigenvalue weighted by molar-refractivity contribution is 7.98. The van der Waals surface area contributed by atoms with Crippen molar-refractivity contribution >= 4 is 52.3 Å². The topological polar surface area (TPSA) is 230 Å². The van der Waals surface area contributed by atoms with Crippen molar-refractivity contribution in [3.05, 3.63) is 65.9 Å². The largest absolute Gasteiger partial charge is 0.508 e. The maximum absolute atomic E-state index is 13.6. The third-order valence-electron chi connectivity index (χ3n) is 6.73. The van der Waals surface area contributed by atoms with Gasteiger partial charge in [-0.15, -0.1) is 0 Å². The number of fused-ring (bicyclic) bond motifs is 1. The molecule has 3 aromatic rings. The van der Waals surface area contributed by atoms with Gasteiger partial charge in [0.25, 0.3) is 0 Å². The number of benzene rings is 2. The summed E-state index contributed by atoms with van der Waals surface area (Å²) in [7, 11) is 0. The molecule has 0 spiro atoms. The number of aromatic amines is 1. The van der Waals surface area contributed by atoms with Crippen LogP contribution in [0, 0.1) is 0 Å². The zero-order valence-electron chi connectivity index (χ0n) is 23.5. The number of amides is 4. The normalized spacial score (nSPS) is 13.8. The van der Waals surface area contributed by atoms with Crippen molar-refractivity contribution in [1.82, 2.24) is 20.9 Å². The zero-order chi connectivity index (χ0) is 31.5. The highest BCUT2D eigenvalue weighted by atomic mass is 32.2. The molecule has 2 aromatic carbocycles. The maximum atomic E-state index is 13.6. The van der Waals surface area contributed by atoms with Crippen LogP contribution in [0.3, 0.4) is 0 Å². The summed E-state index contributed by atoms with van der Waals surface area (Å²) in [5.74, 6) is -3.90. The average Bonchev–Trinajstić information content (AvgIpc) is 3.38. The second-order valence-corrected chi connectivity index (χ2v) is 11.0. The fourth-order valence-electron chi connectivity index (χ4n) is 4.41. The van der Waals surface area contributed by atoms with Crippen LogP contribution in [0.5, 0.6) is 5.75 Å². The Morgan fingerprint density at radius 2 is 1.51 bits per heavy atom. The van der Waals surface area contributed by atoms with Crippen LogP contribution in [0.2, 0.25) is 0 Å². The van der Waals surface area contributed by atoms with Gasteiger partial charge in [-0.3, -0.25) is 19.2 Å². The number of carbonyl (C=O) groups excluding carboxylic acids is 4. The molecule has 230 valence electrons. The number of thioether (sulfide) groups is 1. The van der Waals surface area contributed by atoms with Crippen LogP contribution in [0.25, 0.3) is 10.9 Å². The summed E-state index contributed by atoms with van der Waals surface area (Å²) in [6, 6.07) is 8.15. The Morgan fingerprint density at radius 3 is 2.16 bits per heavy atom. The number of primary amides is 1. The monoisotopic (exact) mass is 612 g/mol. The first kappa shape index (κ1) is 32.9. The summed E-state index contributed by atoms with van der Waals surface area (Å²) < 4.78 is 0. The number of carbonyl (C=O) groups is 5. The molecule has 13 nitrogen and oxygen atoms in total. The number of para-hydroxylation sites is 1. The van der Waals surface area contributed by atoms with Gasteiger partial charge < -0.3 is 42.6 Å². The molecule has 0 saturated heterocycles. The van der Waals surface area contributed by atoms with Crippen molar-refractivity contribution in [2.75, 3.05) is 12.0 Å². The number of hydrogen-bond donors (Lipinski definition) is 8. The summed E-state index contributed by atoms with van der Waals surface area (Å²) in [6.07, 6.45) is 3.18. The Hall–Kier alpha value is -4.56. The molecule has 4 atom stereocenters. The average molecular weight is 613 g/mol. The summed E-state index contributed by atoms with van der Waals surface area (Å²) in [4.78, 5) is 66.5. The van der Waals surface area contributed by atoms with E-state index in [-0.39, 0.29) is 18.6 Å². The smallest absolute Gasteiger partial charge is 0.326 e. The molecule has 43 heavy (non-hydrogen) atoms. The van der Waals surface area contributed by atoms with Gasteiger partial charge in [0.15, 0.2) is 0 Å². The number of hydrogen-bond acceptors (Lipinski definition) is 8. The third-order valence-corrected chi connectivity index (χ3v) is 7.37. The molecule has 0 saturated carbocycles. The lowest BCUT2D eigenvalue weighted by atomic mass is 10.0.